The molecule has 1 amide bonds. The summed E-state index contributed by atoms with van der Waals surface area (Å²) in [6.45, 7) is 0.877. The van der Waals surface area contributed by atoms with Crippen molar-refractivity contribution in [3.8, 4) is 11.5 Å². The standard InChI is InChI=1S/C22H21NO4/c24-20-22(25,15-5-2-1-3-6-15)19-7-4-9-21(19)16-12-18-17(26-13-27-18)11-14(16)8-10-23(20)21/h1-3,5-6,11-12,19,25H,4,7-10,13H2/t19-,21+,22-/m1/s1. The third-order valence-electron chi connectivity index (χ3n) is 7.07. The maximum absolute atomic E-state index is 13.5. The zero-order valence-electron chi connectivity index (χ0n) is 15.0. The quantitative estimate of drug-likeness (QED) is 0.846. The summed E-state index contributed by atoms with van der Waals surface area (Å²) in [7, 11) is 0. The molecule has 1 aliphatic carbocycles. The van der Waals surface area contributed by atoms with Crippen LogP contribution in [0.25, 0.3) is 0 Å². The Kier molecular flexibility index (Phi) is 2.90. The second-order valence-corrected chi connectivity index (χ2v) is 8.07. The van der Waals surface area contributed by atoms with Crippen LogP contribution in [0.2, 0.25) is 0 Å². The molecule has 5 nitrogen and oxygen atoms in total. The normalized spacial score (nSPS) is 33.0. The molecule has 0 bridgehead atoms. The summed E-state index contributed by atoms with van der Waals surface area (Å²) in [5, 5.41) is 11.8. The molecule has 27 heavy (non-hydrogen) atoms. The van der Waals surface area contributed by atoms with E-state index in [9.17, 15) is 9.90 Å². The van der Waals surface area contributed by atoms with Crippen molar-refractivity contribution >= 4 is 5.91 Å². The number of amides is 1. The number of carbonyl (C=O) groups is 1. The Morgan fingerprint density at radius 3 is 2.70 bits per heavy atom. The van der Waals surface area contributed by atoms with Gasteiger partial charge < -0.3 is 19.5 Å². The van der Waals surface area contributed by atoms with E-state index in [4.69, 9.17) is 9.47 Å². The Morgan fingerprint density at radius 2 is 1.89 bits per heavy atom. The summed E-state index contributed by atoms with van der Waals surface area (Å²) in [5.74, 6) is 1.23. The fraction of sp³-hybridized carbons (Fsp3) is 0.409. The summed E-state index contributed by atoms with van der Waals surface area (Å²) in [4.78, 5) is 15.5. The Balaban J connectivity index is 1.59. The largest absolute Gasteiger partial charge is 0.454 e. The first-order chi connectivity index (χ1) is 13.2. The molecule has 1 spiro atoms. The van der Waals surface area contributed by atoms with Gasteiger partial charge in [0.2, 0.25) is 6.79 Å². The van der Waals surface area contributed by atoms with Gasteiger partial charge in [-0.1, -0.05) is 36.8 Å². The van der Waals surface area contributed by atoms with Crippen LogP contribution in [0.4, 0.5) is 0 Å². The van der Waals surface area contributed by atoms with Gasteiger partial charge in [-0.25, -0.2) is 0 Å². The average molecular weight is 363 g/mol. The van der Waals surface area contributed by atoms with Crippen LogP contribution in [0, 0.1) is 5.92 Å². The van der Waals surface area contributed by atoms with Crippen molar-refractivity contribution in [1.82, 2.24) is 4.90 Å². The van der Waals surface area contributed by atoms with Crippen LogP contribution in [-0.4, -0.2) is 29.3 Å². The van der Waals surface area contributed by atoms with Crippen LogP contribution in [-0.2, 0) is 22.4 Å². The summed E-state index contributed by atoms with van der Waals surface area (Å²) < 4.78 is 11.2. The number of benzene rings is 2. The third-order valence-corrected chi connectivity index (χ3v) is 7.07. The van der Waals surface area contributed by atoms with E-state index >= 15 is 0 Å². The number of aliphatic hydroxyl groups is 1. The van der Waals surface area contributed by atoms with Gasteiger partial charge in [-0.2, -0.15) is 0 Å². The summed E-state index contributed by atoms with van der Waals surface area (Å²) >= 11 is 0. The van der Waals surface area contributed by atoms with E-state index in [0.717, 1.165) is 42.7 Å². The first-order valence-corrected chi connectivity index (χ1v) is 9.68. The van der Waals surface area contributed by atoms with Gasteiger partial charge in [0.05, 0.1) is 5.54 Å². The first-order valence-electron chi connectivity index (χ1n) is 9.68. The van der Waals surface area contributed by atoms with Crippen LogP contribution >= 0.6 is 0 Å². The molecule has 3 heterocycles. The second kappa shape index (κ2) is 5.04. The zero-order chi connectivity index (χ0) is 18.2. The number of ether oxygens (including phenoxy) is 2. The molecule has 0 radical (unpaired) electrons. The Bertz CT molecular complexity index is 958. The Hall–Kier alpha value is -2.53. The lowest BCUT2D eigenvalue weighted by Gasteiger charge is -2.44. The summed E-state index contributed by atoms with van der Waals surface area (Å²) in [5.41, 5.74) is 1.15. The van der Waals surface area contributed by atoms with Crippen LogP contribution in [0.3, 0.4) is 0 Å². The lowest BCUT2D eigenvalue weighted by molar-refractivity contribution is -0.147. The predicted molar refractivity (Wildman–Crippen MR) is 97.3 cm³/mol. The minimum atomic E-state index is -1.46. The van der Waals surface area contributed by atoms with Crippen molar-refractivity contribution in [3.05, 3.63) is 59.2 Å². The van der Waals surface area contributed by atoms with Crippen LogP contribution < -0.4 is 9.47 Å². The average Bonchev–Trinajstić information content (AvgIpc) is 3.37. The highest BCUT2D eigenvalue weighted by Crippen LogP contribution is 2.63. The number of rotatable bonds is 1. The molecule has 5 heteroatoms. The molecular formula is C22H21NO4. The zero-order valence-corrected chi connectivity index (χ0v) is 15.0. The van der Waals surface area contributed by atoms with E-state index < -0.39 is 11.1 Å². The minimum absolute atomic E-state index is 0.151. The van der Waals surface area contributed by atoms with Crippen LogP contribution in [0.1, 0.15) is 36.0 Å². The van der Waals surface area contributed by atoms with Crippen molar-refractivity contribution < 1.29 is 19.4 Å². The van der Waals surface area contributed by atoms with E-state index in [1.165, 1.54) is 5.56 Å². The molecule has 138 valence electrons. The summed E-state index contributed by atoms with van der Waals surface area (Å²) in [6, 6.07) is 13.6. The van der Waals surface area contributed by atoms with Gasteiger partial charge in [0.15, 0.2) is 17.1 Å². The van der Waals surface area contributed by atoms with Gasteiger partial charge in [0.25, 0.3) is 5.91 Å². The number of nitrogens with zero attached hydrogens (tertiary/aromatic N) is 1. The molecule has 2 aromatic carbocycles. The molecule has 1 saturated heterocycles. The molecule has 4 aliphatic rings. The van der Waals surface area contributed by atoms with E-state index in [0.29, 0.717) is 12.1 Å². The second-order valence-electron chi connectivity index (χ2n) is 8.07. The highest BCUT2D eigenvalue weighted by molar-refractivity contribution is 5.91. The predicted octanol–water partition coefficient (Wildman–Crippen LogP) is 2.70. The molecule has 0 unspecified atom stereocenters. The number of hydrogen-bond donors (Lipinski definition) is 1. The minimum Gasteiger partial charge on any atom is -0.454 e. The summed E-state index contributed by atoms with van der Waals surface area (Å²) in [6.07, 6.45) is 3.49. The number of hydrogen-bond acceptors (Lipinski definition) is 4. The first kappa shape index (κ1) is 15.5. The van der Waals surface area contributed by atoms with Gasteiger partial charge in [-0.05, 0) is 48.1 Å². The highest BCUT2D eigenvalue weighted by atomic mass is 16.7. The van der Waals surface area contributed by atoms with Crippen molar-refractivity contribution in [1.29, 1.82) is 0 Å². The SMILES string of the molecule is O=C1N2CCc3cc4c(cc3[C@]23CCC[C@H]3[C@]1(O)c1ccccc1)OCO4. The molecule has 2 fully saturated rings. The number of carbonyl (C=O) groups excluding carboxylic acids is 1. The number of fused-ring (bicyclic) bond motifs is 2. The van der Waals surface area contributed by atoms with E-state index in [1.807, 2.05) is 35.2 Å². The molecular weight excluding hydrogens is 342 g/mol. The van der Waals surface area contributed by atoms with Gasteiger partial charge in [0.1, 0.15) is 0 Å². The Labute approximate surface area is 157 Å². The Morgan fingerprint density at radius 1 is 1.11 bits per heavy atom. The van der Waals surface area contributed by atoms with Crippen molar-refractivity contribution in [2.24, 2.45) is 5.92 Å². The fourth-order valence-electron chi connectivity index (χ4n) is 6.01. The van der Waals surface area contributed by atoms with Crippen LogP contribution in [0.5, 0.6) is 11.5 Å². The maximum Gasteiger partial charge on any atom is 0.260 e. The molecule has 0 aromatic heterocycles. The monoisotopic (exact) mass is 363 g/mol. The smallest absolute Gasteiger partial charge is 0.260 e. The maximum atomic E-state index is 13.5. The van der Waals surface area contributed by atoms with Gasteiger partial charge in [-0.15, -0.1) is 0 Å². The molecule has 3 aliphatic heterocycles. The van der Waals surface area contributed by atoms with E-state index in [1.54, 1.807) is 0 Å². The van der Waals surface area contributed by atoms with Crippen LogP contribution in [0.15, 0.2) is 42.5 Å². The molecule has 3 atom stereocenters. The molecule has 6 rings (SSSR count). The van der Waals surface area contributed by atoms with E-state index in [2.05, 4.69) is 12.1 Å². The van der Waals surface area contributed by atoms with E-state index in [-0.39, 0.29) is 18.6 Å². The van der Waals surface area contributed by atoms with Crippen molar-refractivity contribution in [3.63, 3.8) is 0 Å². The van der Waals surface area contributed by atoms with Crippen molar-refractivity contribution in [2.75, 3.05) is 13.3 Å². The third kappa shape index (κ3) is 1.71. The van der Waals surface area contributed by atoms with Crippen molar-refractivity contribution in [2.45, 2.75) is 36.8 Å². The lowest BCUT2D eigenvalue weighted by atomic mass is 9.70. The fourth-order valence-corrected chi connectivity index (χ4v) is 6.01. The highest BCUT2D eigenvalue weighted by Gasteiger charge is 2.69. The molecule has 2 aromatic rings. The topological polar surface area (TPSA) is 59.0 Å². The molecule has 1 N–H and O–H groups in total. The van der Waals surface area contributed by atoms with Gasteiger partial charge in [-0.3, -0.25) is 4.79 Å². The lowest BCUT2D eigenvalue weighted by Crippen LogP contribution is -2.49. The van der Waals surface area contributed by atoms with Gasteiger partial charge >= 0.3 is 0 Å². The molecule has 1 saturated carbocycles. The van der Waals surface area contributed by atoms with Gasteiger partial charge in [0, 0.05) is 12.5 Å².